The molecule has 9 nitrogen and oxygen atoms in total. The fourth-order valence-electron chi connectivity index (χ4n) is 3.87. The number of fused-ring (bicyclic) bond motifs is 1. The summed E-state index contributed by atoms with van der Waals surface area (Å²) in [7, 11) is 3.53. The van der Waals surface area contributed by atoms with Crippen LogP contribution < -0.4 is 4.74 Å². The topological polar surface area (TPSA) is 114 Å². The zero-order valence-electron chi connectivity index (χ0n) is 21.1. The van der Waals surface area contributed by atoms with E-state index in [0.29, 0.717) is 5.92 Å². The van der Waals surface area contributed by atoms with E-state index in [-0.39, 0.29) is 0 Å². The molecule has 2 heterocycles. The Morgan fingerprint density at radius 2 is 1.59 bits per heavy atom. The van der Waals surface area contributed by atoms with Gasteiger partial charge in [0.05, 0.1) is 25.6 Å². The molecule has 1 unspecified atom stereocenters. The van der Waals surface area contributed by atoms with Crippen molar-refractivity contribution in [1.29, 1.82) is 0 Å². The molecule has 0 saturated heterocycles. The van der Waals surface area contributed by atoms with Gasteiger partial charge in [-0.05, 0) is 24.8 Å². The quantitative estimate of drug-likeness (QED) is 0.475. The van der Waals surface area contributed by atoms with Gasteiger partial charge in [0.25, 0.3) is 0 Å². The van der Waals surface area contributed by atoms with Crippen LogP contribution in [0.4, 0.5) is 26.3 Å². The number of aromatic nitrogens is 2. The summed E-state index contributed by atoms with van der Waals surface area (Å²) in [6.07, 6.45) is -5.40. The number of hydrogen-bond donors (Lipinski definition) is 2. The van der Waals surface area contributed by atoms with Crippen molar-refractivity contribution in [2.75, 3.05) is 27.4 Å². The Bertz CT molecular complexity index is 1080. The van der Waals surface area contributed by atoms with Gasteiger partial charge in [-0.15, -0.1) is 0 Å². The molecule has 0 radical (unpaired) electrons. The molecule has 2 N–H and O–H groups in total. The summed E-state index contributed by atoms with van der Waals surface area (Å²) in [6, 6.07) is 8.29. The van der Waals surface area contributed by atoms with Gasteiger partial charge in [0, 0.05) is 50.3 Å². The molecule has 0 bridgehead atoms. The lowest BCUT2D eigenvalue weighted by Gasteiger charge is -2.33. The van der Waals surface area contributed by atoms with Crippen molar-refractivity contribution in [2.24, 2.45) is 5.92 Å². The highest BCUT2D eigenvalue weighted by atomic mass is 19.4. The molecular weight excluding hydrogens is 540 g/mol. The minimum atomic E-state index is -5.08. The highest BCUT2D eigenvalue weighted by Gasteiger charge is 2.39. The second-order valence-corrected chi connectivity index (χ2v) is 8.91. The zero-order chi connectivity index (χ0) is 29.4. The number of halogens is 6. The first-order valence-electron chi connectivity index (χ1n) is 11.6. The van der Waals surface area contributed by atoms with Gasteiger partial charge in [-0.2, -0.15) is 31.4 Å². The predicted molar refractivity (Wildman–Crippen MR) is 124 cm³/mol. The number of aliphatic carboxylic acids is 2. The van der Waals surface area contributed by atoms with Crippen LogP contribution in [0.1, 0.15) is 35.6 Å². The third kappa shape index (κ3) is 10.1. The maximum absolute atomic E-state index is 10.6. The molecule has 1 saturated carbocycles. The van der Waals surface area contributed by atoms with Gasteiger partial charge in [0.15, 0.2) is 0 Å². The number of benzene rings is 1. The Kier molecular flexibility index (Phi) is 11.2. The van der Waals surface area contributed by atoms with Crippen molar-refractivity contribution in [3.8, 4) is 5.75 Å². The summed E-state index contributed by atoms with van der Waals surface area (Å²) in [5.41, 5.74) is 3.98. The van der Waals surface area contributed by atoms with E-state index >= 15 is 0 Å². The molecule has 0 amide bonds. The van der Waals surface area contributed by atoms with Gasteiger partial charge in [-0.1, -0.05) is 18.2 Å². The average molecular weight is 569 g/mol. The Labute approximate surface area is 219 Å². The van der Waals surface area contributed by atoms with Gasteiger partial charge < -0.3 is 19.7 Å². The molecule has 1 atom stereocenters. The lowest BCUT2D eigenvalue weighted by atomic mass is 9.95. The van der Waals surface area contributed by atoms with Crippen LogP contribution >= 0.6 is 0 Å². The van der Waals surface area contributed by atoms with Crippen molar-refractivity contribution in [3.63, 3.8) is 0 Å². The summed E-state index contributed by atoms with van der Waals surface area (Å²) in [5.74, 6) is -3.34. The first-order valence-corrected chi connectivity index (χ1v) is 11.6. The number of para-hydroxylation sites is 1. The molecule has 2 aliphatic rings. The largest absolute Gasteiger partial charge is 0.496 e. The predicted octanol–water partition coefficient (Wildman–Crippen LogP) is 4.31. The van der Waals surface area contributed by atoms with E-state index in [4.69, 9.17) is 34.4 Å². The second kappa shape index (κ2) is 13.6. The van der Waals surface area contributed by atoms with Crippen molar-refractivity contribution in [2.45, 2.75) is 50.7 Å². The smallest absolute Gasteiger partial charge is 0.490 e. The van der Waals surface area contributed by atoms with E-state index in [1.807, 2.05) is 12.1 Å². The molecule has 15 heteroatoms. The minimum absolute atomic E-state index is 0.386. The Morgan fingerprint density at radius 1 is 1.03 bits per heavy atom. The number of carboxylic acids is 2. The zero-order valence-corrected chi connectivity index (χ0v) is 21.1. The summed E-state index contributed by atoms with van der Waals surface area (Å²) < 4.78 is 76.7. The molecule has 1 aliphatic heterocycles. The molecule has 2 aromatic rings. The van der Waals surface area contributed by atoms with Crippen molar-refractivity contribution >= 4 is 11.9 Å². The number of ether oxygens (including phenoxy) is 2. The molecule has 1 fully saturated rings. The van der Waals surface area contributed by atoms with E-state index in [2.05, 4.69) is 27.9 Å². The third-order valence-corrected chi connectivity index (χ3v) is 5.84. The number of nitrogens with zero attached hydrogens (tertiary/aromatic N) is 3. The summed E-state index contributed by atoms with van der Waals surface area (Å²) in [4.78, 5) is 20.3. The van der Waals surface area contributed by atoms with E-state index in [0.717, 1.165) is 44.5 Å². The van der Waals surface area contributed by atoms with Crippen LogP contribution in [-0.4, -0.2) is 76.6 Å². The van der Waals surface area contributed by atoms with Crippen LogP contribution in [0.25, 0.3) is 0 Å². The first kappa shape index (κ1) is 31.9. The molecule has 1 aromatic carbocycles. The Morgan fingerprint density at radius 3 is 2.08 bits per heavy atom. The molecule has 1 aromatic heterocycles. The number of rotatable bonds is 7. The fourth-order valence-corrected chi connectivity index (χ4v) is 3.87. The van der Waals surface area contributed by atoms with Gasteiger partial charge in [0.2, 0.25) is 0 Å². The third-order valence-electron chi connectivity index (χ3n) is 5.84. The van der Waals surface area contributed by atoms with E-state index in [9.17, 15) is 26.3 Å². The van der Waals surface area contributed by atoms with Crippen LogP contribution in [-0.2, 0) is 34.0 Å². The lowest BCUT2D eigenvalue weighted by molar-refractivity contribution is -0.193. The van der Waals surface area contributed by atoms with Crippen molar-refractivity contribution in [1.82, 2.24) is 14.7 Å². The van der Waals surface area contributed by atoms with Crippen LogP contribution in [0.15, 0.2) is 30.5 Å². The summed E-state index contributed by atoms with van der Waals surface area (Å²) in [6.45, 7) is 4.63. The van der Waals surface area contributed by atoms with Gasteiger partial charge in [-0.3, -0.25) is 9.58 Å². The maximum Gasteiger partial charge on any atom is 0.490 e. The van der Waals surface area contributed by atoms with E-state index in [1.54, 1.807) is 14.2 Å². The second-order valence-electron chi connectivity index (χ2n) is 8.91. The number of methoxy groups -OCH3 is 2. The van der Waals surface area contributed by atoms with Crippen molar-refractivity contribution < 1.29 is 55.6 Å². The first-order chi connectivity index (χ1) is 18.2. The van der Waals surface area contributed by atoms with E-state index < -0.39 is 24.3 Å². The Balaban J connectivity index is 0.000000317. The summed E-state index contributed by atoms with van der Waals surface area (Å²) >= 11 is 0. The van der Waals surface area contributed by atoms with Gasteiger partial charge in [-0.25, -0.2) is 9.59 Å². The molecule has 39 heavy (non-hydrogen) atoms. The minimum Gasteiger partial charge on any atom is -0.496 e. The van der Waals surface area contributed by atoms with Crippen LogP contribution in [0, 0.1) is 5.92 Å². The van der Waals surface area contributed by atoms with Crippen LogP contribution in [0.5, 0.6) is 5.75 Å². The van der Waals surface area contributed by atoms with Gasteiger partial charge in [0.1, 0.15) is 5.75 Å². The number of alkyl halides is 6. The maximum atomic E-state index is 10.6. The van der Waals surface area contributed by atoms with Crippen LogP contribution in [0.3, 0.4) is 0 Å². The Hall–Kier alpha value is -3.33. The standard InChI is InChI=1S/C20H27N3O2.2C2HF3O2/c1-24-14-17-12-22(11-16-5-3-4-6-20(16)25-2)13-19-18(17)9-21-23(19)10-15-7-8-15;2*3-2(4,5)1(6)7/h3-6,9,15,17H,7-8,10-14H2,1-2H3;2*(H,6,7). The summed E-state index contributed by atoms with van der Waals surface area (Å²) in [5, 5.41) is 18.9. The SMILES string of the molecule is COCC1CN(Cc2ccccc2OC)Cc2c1cnn2CC1CC1.O=C(O)C(F)(F)F.O=C(O)C(F)(F)F. The monoisotopic (exact) mass is 569 g/mol. The molecule has 4 rings (SSSR count). The number of carboxylic acid groups (broad SMARTS) is 2. The molecule has 218 valence electrons. The van der Waals surface area contributed by atoms with Gasteiger partial charge >= 0.3 is 24.3 Å². The normalized spacial score (nSPS) is 17.2. The molecular formula is C24H29F6N3O6. The lowest BCUT2D eigenvalue weighted by Crippen LogP contribution is -2.35. The average Bonchev–Trinajstić information content (AvgIpc) is 3.58. The highest BCUT2D eigenvalue weighted by molar-refractivity contribution is 5.73. The van der Waals surface area contributed by atoms with E-state index in [1.165, 1.54) is 29.7 Å². The van der Waals surface area contributed by atoms with Crippen molar-refractivity contribution in [3.05, 3.63) is 47.3 Å². The highest BCUT2D eigenvalue weighted by Crippen LogP contribution is 2.34. The fraction of sp³-hybridized carbons (Fsp3) is 0.542. The van der Waals surface area contributed by atoms with Crippen LogP contribution in [0.2, 0.25) is 0 Å². The number of carbonyl (C=O) groups is 2. The molecule has 1 aliphatic carbocycles. The number of hydrogen-bond acceptors (Lipinski definition) is 6. The molecule has 0 spiro atoms.